The van der Waals surface area contributed by atoms with E-state index in [1.807, 2.05) is 0 Å². The molecule has 26 heavy (non-hydrogen) atoms. The average molecular weight is 397 g/mol. The van der Waals surface area contributed by atoms with Crippen molar-refractivity contribution in [2.45, 2.75) is 18.9 Å². The first-order valence-corrected chi connectivity index (χ1v) is 8.90. The highest BCUT2D eigenvalue weighted by Gasteiger charge is 2.25. The molecule has 0 unspecified atom stereocenters. The number of likely N-dealkylation sites (tertiary alicyclic amines) is 1. The van der Waals surface area contributed by atoms with Crippen LogP contribution in [0.3, 0.4) is 0 Å². The number of furan rings is 1. The maximum Gasteiger partial charge on any atom is 0.257 e. The van der Waals surface area contributed by atoms with Gasteiger partial charge in [-0.05, 0) is 31.0 Å². The molecule has 0 saturated carbocycles. The van der Waals surface area contributed by atoms with E-state index in [1.54, 1.807) is 11.0 Å². The highest BCUT2D eigenvalue weighted by molar-refractivity contribution is 6.37. The summed E-state index contributed by atoms with van der Waals surface area (Å²) in [6.07, 6.45) is 4.26. The fourth-order valence-corrected chi connectivity index (χ4v) is 3.59. The molecule has 1 aromatic carbocycles. The van der Waals surface area contributed by atoms with Gasteiger partial charge in [0.25, 0.3) is 11.8 Å². The smallest absolute Gasteiger partial charge is 0.257 e. The zero-order valence-electron chi connectivity index (χ0n) is 14.1. The quantitative estimate of drug-likeness (QED) is 0.856. The Labute approximate surface area is 161 Å². The second kappa shape index (κ2) is 8.01. The second-order valence-electron chi connectivity index (χ2n) is 6.03. The van der Waals surface area contributed by atoms with Crippen molar-refractivity contribution in [2.75, 3.05) is 20.2 Å². The van der Waals surface area contributed by atoms with Gasteiger partial charge in [0.2, 0.25) is 0 Å². The van der Waals surface area contributed by atoms with Crippen LogP contribution in [-0.2, 0) is 0 Å². The summed E-state index contributed by atoms with van der Waals surface area (Å²) >= 11 is 12.2. The summed E-state index contributed by atoms with van der Waals surface area (Å²) in [4.78, 5) is 26.5. The number of nitrogens with one attached hydrogen (secondary N) is 1. The number of carbonyl (C=O) groups excluding carboxylic acids is 2. The van der Waals surface area contributed by atoms with Gasteiger partial charge in [-0.3, -0.25) is 9.59 Å². The van der Waals surface area contributed by atoms with E-state index in [-0.39, 0.29) is 27.9 Å². The summed E-state index contributed by atoms with van der Waals surface area (Å²) in [7, 11) is 1.46. The number of halogens is 2. The molecule has 0 aliphatic carbocycles. The third-order valence-corrected chi connectivity index (χ3v) is 4.91. The topological polar surface area (TPSA) is 71.8 Å². The van der Waals surface area contributed by atoms with Gasteiger partial charge < -0.3 is 19.4 Å². The van der Waals surface area contributed by atoms with Gasteiger partial charge in [0.15, 0.2) is 5.75 Å². The summed E-state index contributed by atoms with van der Waals surface area (Å²) < 4.78 is 10.0. The fourth-order valence-electron chi connectivity index (χ4n) is 2.95. The number of ether oxygens (including phenoxy) is 1. The van der Waals surface area contributed by atoms with E-state index in [0.717, 1.165) is 0 Å². The Kier molecular flexibility index (Phi) is 5.74. The molecule has 3 rings (SSSR count). The molecule has 2 heterocycles. The minimum absolute atomic E-state index is 0.0180. The molecule has 1 N–H and O–H groups in total. The van der Waals surface area contributed by atoms with Crippen LogP contribution in [0.5, 0.6) is 5.75 Å². The monoisotopic (exact) mass is 396 g/mol. The van der Waals surface area contributed by atoms with Crippen LogP contribution in [0.15, 0.2) is 35.1 Å². The summed E-state index contributed by atoms with van der Waals surface area (Å²) in [5.41, 5.74) is 0.910. The van der Waals surface area contributed by atoms with Gasteiger partial charge in [0.1, 0.15) is 6.26 Å². The molecule has 6 nitrogen and oxygen atoms in total. The number of hydrogen-bond acceptors (Lipinski definition) is 4. The lowest BCUT2D eigenvalue weighted by Crippen LogP contribution is -2.46. The zero-order chi connectivity index (χ0) is 18.7. The molecule has 1 aliphatic rings. The molecule has 2 amide bonds. The average Bonchev–Trinajstić information content (AvgIpc) is 3.16. The van der Waals surface area contributed by atoms with Gasteiger partial charge in [-0.1, -0.05) is 23.2 Å². The molecular weight excluding hydrogens is 379 g/mol. The van der Waals surface area contributed by atoms with Crippen LogP contribution < -0.4 is 10.1 Å². The van der Waals surface area contributed by atoms with Crippen LogP contribution in [0, 0.1) is 0 Å². The van der Waals surface area contributed by atoms with Crippen molar-refractivity contribution in [2.24, 2.45) is 0 Å². The van der Waals surface area contributed by atoms with Crippen molar-refractivity contribution >= 4 is 35.0 Å². The van der Waals surface area contributed by atoms with Gasteiger partial charge >= 0.3 is 0 Å². The van der Waals surface area contributed by atoms with E-state index in [0.29, 0.717) is 42.8 Å². The van der Waals surface area contributed by atoms with Crippen LogP contribution in [0.25, 0.3) is 0 Å². The maximum absolute atomic E-state index is 12.5. The van der Waals surface area contributed by atoms with Crippen LogP contribution in [0.4, 0.5) is 0 Å². The van der Waals surface area contributed by atoms with Gasteiger partial charge in [0, 0.05) is 24.7 Å². The summed E-state index contributed by atoms with van der Waals surface area (Å²) in [5.74, 6) is 0.0317. The number of methoxy groups -OCH3 is 1. The van der Waals surface area contributed by atoms with Gasteiger partial charge in [-0.25, -0.2) is 0 Å². The molecule has 8 heteroatoms. The molecule has 1 fully saturated rings. The molecular formula is C18H18Cl2N2O4. The Morgan fingerprint density at radius 2 is 1.85 bits per heavy atom. The van der Waals surface area contributed by atoms with Crippen molar-refractivity contribution in [1.29, 1.82) is 0 Å². The third kappa shape index (κ3) is 3.97. The van der Waals surface area contributed by atoms with Crippen molar-refractivity contribution in [1.82, 2.24) is 10.2 Å². The van der Waals surface area contributed by atoms with E-state index < -0.39 is 0 Å². The molecule has 1 aromatic heterocycles. The first-order chi connectivity index (χ1) is 12.5. The maximum atomic E-state index is 12.5. The van der Waals surface area contributed by atoms with Crippen LogP contribution in [0.1, 0.15) is 33.6 Å². The van der Waals surface area contributed by atoms with E-state index in [4.69, 9.17) is 32.4 Å². The molecule has 2 aromatic rings. The number of piperidine rings is 1. The zero-order valence-corrected chi connectivity index (χ0v) is 15.6. The molecule has 0 bridgehead atoms. The molecule has 0 radical (unpaired) electrons. The number of rotatable bonds is 4. The number of carbonyl (C=O) groups is 2. The molecule has 0 spiro atoms. The lowest BCUT2D eigenvalue weighted by atomic mass is 10.0. The lowest BCUT2D eigenvalue weighted by Gasteiger charge is -2.32. The Bertz CT molecular complexity index is 777. The number of nitrogens with zero attached hydrogens (tertiary/aromatic N) is 1. The van der Waals surface area contributed by atoms with E-state index in [2.05, 4.69) is 5.32 Å². The van der Waals surface area contributed by atoms with Gasteiger partial charge in [-0.15, -0.1) is 0 Å². The van der Waals surface area contributed by atoms with Crippen LogP contribution in [0.2, 0.25) is 10.0 Å². The molecule has 0 atom stereocenters. The standard InChI is InChI=1S/C18H18Cl2N2O4/c1-25-16-14(19)8-12(9-15(16)20)17(23)21-13-2-5-22(6-3-13)18(24)11-4-7-26-10-11/h4,7-10,13H,2-3,5-6H2,1H3,(H,21,23). The second-order valence-corrected chi connectivity index (χ2v) is 6.84. The third-order valence-electron chi connectivity index (χ3n) is 4.35. The highest BCUT2D eigenvalue weighted by Crippen LogP contribution is 2.33. The van der Waals surface area contributed by atoms with Crippen molar-refractivity contribution in [3.63, 3.8) is 0 Å². The Balaban J connectivity index is 1.58. The largest absolute Gasteiger partial charge is 0.494 e. The van der Waals surface area contributed by atoms with Gasteiger partial charge in [-0.2, -0.15) is 0 Å². The SMILES string of the molecule is COc1c(Cl)cc(C(=O)NC2CCN(C(=O)c3ccoc3)CC2)cc1Cl. The molecule has 1 saturated heterocycles. The highest BCUT2D eigenvalue weighted by atomic mass is 35.5. The number of amides is 2. The Morgan fingerprint density at radius 3 is 2.38 bits per heavy atom. The lowest BCUT2D eigenvalue weighted by molar-refractivity contribution is 0.0697. The first kappa shape index (κ1) is 18.6. The minimum atomic E-state index is -0.254. The van der Waals surface area contributed by atoms with Gasteiger partial charge in [0.05, 0.1) is 29.0 Å². The number of hydrogen-bond donors (Lipinski definition) is 1. The summed E-state index contributed by atoms with van der Waals surface area (Å²) in [5, 5.41) is 3.53. The predicted octanol–water partition coefficient (Wildman–Crippen LogP) is 3.63. The summed E-state index contributed by atoms with van der Waals surface area (Å²) in [6, 6.07) is 4.68. The number of benzene rings is 1. The Hall–Kier alpha value is -2.18. The molecule has 138 valence electrons. The first-order valence-electron chi connectivity index (χ1n) is 8.15. The molecule has 1 aliphatic heterocycles. The van der Waals surface area contributed by atoms with Crippen molar-refractivity contribution < 1.29 is 18.7 Å². The summed E-state index contributed by atoms with van der Waals surface area (Å²) in [6.45, 7) is 1.14. The predicted molar refractivity (Wildman–Crippen MR) is 98.1 cm³/mol. The van der Waals surface area contributed by atoms with Crippen molar-refractivity contribution in [3.05, 3.63) is 51.9 Å². The van der Waals surface area contributed by atoms with Crippen LogP contribution >= 0.6 is 23.2 Å². The van der Waals surface area contributed by atoms with E-state index in [1.165, 1.54) is 31.8 Å². The van der Waals surface area contributed by atoms with Crippen molar-refractivity contribution in [3.8, 4) is 5.75 Å². The normalized spacial score (nSPS) is 15.0. The fraction of sp³-hybridized carbons (Fsp3) is 0.333. The minimum Gasteiger partial charge on any atom is -0.494 e. The Morgan fingerprint density at radius 1 is 1.19 bits per heavy atom. The van der Waals surface area contributed by atoms with E-state index in [9.17, 15) is 9.59 Å². The van der Waals surface area contributed by atoms with E-state index >= 15 is 0 Å². The van der Waals surface area contributed by atoms with Crippen LogP contribution in [-0.4, -0.2) is 43.0 Å².